The molecule has 106 valence electrons. The van der Waals surface area contributed by atoms with E-state index in [-0.39, 0.29) is 12.0 Å². The highest BCUT2D eigenvalue weighted by molar-refractivity contribution is 5.75. The Balaban J connectivity index is 2.31. The molecule has 2 atom stereocenters. The smallest absolute Gasteiger partial charge is 0.322 e. The van der Waals surface area contributed by atoms with E-state index in [1.807, 2.05) is 6.92 Å². The molecule has 1 fully saturated rings. The molecule has 1 rings (SSSR count). The highest BCUT2D eigenvalue weighted by Gasteiger charge is 2.22. The molecule has 0 radical (unpaired) electrons. The minimum absolute atomic E-state index is 0.184. The lowest BCUT2D eigenvalue weighted by Gasteiger charge is -2.33. The number of hydrogen-bond acceptors (Lipinski definition) is 5. The van der Waals surface area contributed by atoms with Crippen molar-refractivity contribution in [2.75, 3.05) is 40.4 Å². The van der Waals surface area contributed by atoms with Crippen molar-refractivity contribution >= 4 is 5.97 Å². The number of esters is 1. The summed E-state index contributed by atoms with van der Waals surface area (Å²) in [7, 11) is 3.22. The first kappa shape index (κ1) is 15.4. The Hall–Kier alpha value is -0.650. The summed E-state index contributed by atoms with van der Waals surface area (Å²) in [6.45, 7) is 5.80. The molecule has 0 aromatic carbocycles. The number of rotatable bonds is 7. The molecule has 0 bridgehead atoms. The van der Waals surface area contributed by atoms with E-state index in [1.165, 1.54) is 13.5 Å². The minimum atomic E-state index is -0.206. The summed E-state index contributed by atoms with van der Waals surface area (Å²) in [5.74, 6) is -0.184. The Morgan fingerprint density at radius 2 is 2.33 bits per heavy atom. The van der Waals surface area contributed by atoms with E-state index in [2.05, 4.69) is 10.2 Å². The average molecular weight is 258 g/mol. The molecule has 0 saturated carbocycles. The summed E-state index contributed by atoms with van der Waals surface area (Å²) >= 11 is 0. The first-order chi connectivity index (χ1) is 8.71. The largest absolute Gasteiger partial charge is 0.468 e. The van der Waals surface area contributed by atoms with Crippen molar-refractivity contribution in [1.82, 2.24) is 10.2 Å². The molecule has 5 heteroatoms. The van der Waals surface area contributed by atoms with E-state index in [1.54, 1.807) is 7.05 Å². The number of likely N-dealkylation sites (N-methyl/N-ethyl adjacent to an activating group) is 1. The van der Waals surface area contributed by atoms with Crippen LogP contribution in [-0.2, 0) is 14.3 Å². The third-order valence-electron chi connectivity index (χ3n) is 3.43. The normalized spacial score (nSPS) is 22.7. The number of methoxy groups -OCH3 is 1. The van der Waals surface area contributed by atoms with Crippen molar-refractivity contribution in [3.05, 3.63) is 0 Å². The molecule has 1 aliphatic rings. The first-order valence-electron chi connectivity index (χ1n) is 6.80. The first-order valence-corrected chi connectivity index (χ1v) is 6.80. The predicted molar refractivity (Wildman–Crippen MR) is 70.6 cm³/mol. The van der Waals surface area contributed by atoms with E-state index in [4.69, 9.17) is 9.47 Å². The fourth-order valence-electron chi connectivity index (χ4n) is 2.42. The standard InChI is InChI=1S/C13H26N2O3/c1-4-18-11-6-5-8-15(10-11)9-7-12(14-2)13(16)17-3/h11-12,14H,4-10H2,1-3H3. The highest BCUT2D eigenvalue weighted by atomic mass is 16.5. The van der Waals surface area contributed by atoms with Gasteiger partial charge >= 0.3 is 5.97 Å². The summed E-state index contributed by atoms with van der Waals surface area (Å²) in [6.07, 6.45) is 3.46. The molecule has 1 aliphatic heterocycles. The monoisotopic (exact) mass is 258 g/mol. The molecular weight excluding hydrogens is 232 g/mol. The van der Waals surface area contributed by atoms with Crippen molar-refractivity contribution in [1.29, 1.82) is 0 Å². The maximum Gasteiger partial charge on any atom is 0.322 e. The third kappa shape index (κ3) is 4.92. The van der Waals surface area contributed by atoms with Gasteiger partial charge in [-0.3, -0.25) is 4.79 Å². The van der Waals surface area contributed by atoms with Gasteiger partial charge in [0.05, 0.1) is 13.2 Å². The van der Waals surface area contributed by atoms with Crippen LogP contribution in [0.5, 0.6) is 0 Å². The van der Waals surface area contributed by atoms with Gasteiger partial charge in [-0.15, -0.1) is 0 Å². The maximum atomic E-state index is 11.5. The van der Waals surface area contributed by atoms with Crippen LogP contribution in [0.2, 0.25) is 0 Å². The van der Waals surface area contributed by atoms with Crippen LogP contribution in [0.25, 0.3) is 0 Å². The number of likely N-dealkylation sites (tertiary alicyclic amines) is 1. The van der Waals surface area contributed by atoms with Gasteiger partial charge in [0, 0.05) is 19.7 Å². The Labute approximate surface area is 110 Å². The van der Waals surface area contributed by atoms with Gasteiger partial charge in [-0.05, 0) is 39.8 Å². The number of nitrogens with zero attached hydrogens (tertiary/aromatic N) is 1. The molecule has 0 aliphatic carbocycles. The number of carbonyl (C=O) groups is 1. The summed E-state index contributed by atoms with van der Waals surface area (Å²) in [4.78, 5) is 13.8. The number of nitrogens with one attached hydrogen (secondary N) is 1. The van der Waals surface area contributed by atoms with Gasteiger partial charge in [0.1, 0.15) is 6.04 Å². The van der Waals surface area contributed by atoms with Crippen LogP contribution >= 0.6 is 0 Å². The SMILES string of the molecule is CCOC1CCCN(CCC(NC)C(=O)OC)C1. The summed E-state index contributed by atoms with van der Waals surface area (Å²) in [6, 6.07) is -0.206. The molecule has 18 heavy (non-hydrogen) atoms. The van der Waals surface area contributed by atoms with Gasteiger partial charge in [0.25, 0.3) is 0 Å². The molecule has 0 spiro atoms. The number of ether oxygens (including phenoxy) is 2. The minimum Gasteiger partial charge on any atom is -0.468 e. The second-order valence-electron chi connectivity index (χ2n) is 4.67. The fraction of sp³-hybridized carbons (Fsp3) is 0.923. The molecule has 0 aromatic rings. The highest BCUT2D eigenvalue weighted by Crippen LogP contribution is 2.13. The lowest BCUT2D eigenvalue weighted by Crippen LogP contribution is -2.43. The molecule has 1 N–H and O–H groups in total. The zero-order valence-electron chi connectivity index (χ0n) is 11.8. The maximum absolute atomic E-state index is 11.5. The van der Waals surface area contributed by atoms with E-state index in [0.29, 0.717) is 6.10 Å². The summed E-state index contributed by atoms with van der Waals surface area (Å²) in [5.41, 5.74) is 0. The predicted octanol–water partition coefficient (Wildman–Crippen LogP) is 0.638. The van der Waals surface area contributed by atoms with E-state index in [0.717, 1.165) is 39.1 Å². The van der Waals surface area contributed by atoms with Gasteiger partial charge in [0.2, 0.25) is 0 Å². The van der Waals surface area contributed by atoms with E-state index < -0.39 is 0 Å². The van der Waals surface area contributed by atoms with Crippen LogP contribution in [0.4, 0.5) is 0 Å². The second-order valence-corrected chi connectivity index (χ2v) is 4.67. The van der Waals surface area contributed by atoms with Crippen LogP contribution in [0, 0.1) is 0 Å². The van der Waals surface area contributed by atoms with Crippen molar-refractivity contribution in [3.8, 4) is 0 Å². The molecule has 2 unspecified atom stereocenters. The number of hydrogen-bond donors (Lipinski definition) is 1. The lowest BCUT2D eigenvalue weighted by atomic mass is 10.1. The number of carbonyl (C=O) groups excluding carboxylic acids is 1. The van der Waals surface area contributed by atoms with Gasteiger partial charge in [-0.1, -0.05) is 0 Å². The van der Waals surface area contributed by atoms with Crippen LogP contribution in [0.3, 0.4) is 0 Å². The molecular formula is C13H26N2O3. The van der Waals surface area contributed by atoms with Crippen molar-refractivity contribution in [2.45, 2.75) is 38.3 Å². The average Bonchev–Trinajstić information content (AvgIpc) is 2.40. The van der Waals surface area contributed by atoms with Crippen molar-refractivity contribution in [2.24, 2.45) is 0 Å². The molecule has 0 aromatic heterocycles. The van der Waals surface area contributed by atoms with Gasteiger partial charge in [-0.2, -0.15) is 0 Å². The summed E-state index contributed by atoms with van der Waals surface area (Å²) in [5, 5.41) is 3.00. The zero-order valence-corrected chi connectivity index (χ0v) is 11.8. The molecule has 1 saturated heterocycles. The summed E-state index contributed by atoms with van der Waals surface area (Å²) < 4.78 is 10.4. The van der Waals surface area contributed by atoms with Gasteiger partial charge in [0.15, 0.2) is 0 Å². The Morgan fingerprint density at radius 1 is 1.56 bits per heavy atom. The topological polar surface area (TPSA) is 50.8 Å². The van der Waals surface area contributed by atoms with Gasteiger partial charge < -0.3 is 19.7 Å². The lowest BCUT2D eigenvalue weighted by molar-refractivity contribution is -0.143. The zero-order chi connectivity index (χ0) is 13.4. The van der Waals surface area contributed by atoms with E-state index in [9.17, 15) is 4.79 Å². The fourth-order valence-corrected chi connectivity index (χ4v) is 2.42. The van der Waals surface area contributed by atoms with Crippen LogP contribution < -0.4 is 5.32 Å². The number of piperidine rings is 1. The quantitative estimate of drug-likeness (QED) is 0.679. The second kappa shape index (κ2) is 8.45. The molecule has 1 heterocycles. The molecule has 5 nitrogen and oxygen atoms in total. The Kier molecular flexibility index (Phi) is 7.23. The van der Waals surface area contributed by atoms with Crippen LogP contribution in [0.15, 0.2) is 0 Å². The van der Waals surface area contributed by atoms with Crippen LogP contribution in [0.1, 0.15) is 26.2 Å². The van der Waals surface area contributed by atoms with Crippen molar-refractivity contribution < 1.29 is 14.3 Å². The van der Waals surface area contributed by atoms with E-state index >= 15 is 0 Å². The Morgan fingerprint density at radius 3 is 2.94 bits per heavy atom. The third-order valence-corrected chi connectivity index (χ3v) is 3.43. The molecule has 0 amide bonds. The van der Waals surface area contributed by atoms with Crippen molar-refractivity contribution in [3.63, 3.8) is 0 Å². The van der Waals surface area contributed by atoms with Crippen LogP contribution in [-0.4, -0.2) is 63.4 Å². The van der Waals surface area contributed by atoms with Gasteiger partial charge in [-0.25, -0.2) is 0 Å². The Bertz CT molecular complexity index is 246.